The molecule has 2 amide bonds. The summed E-state index contributed by atoms with van der Waals surface area (Å²) in [6.45, 7) is 2.05. The van der Waals surface area contributed by atoms with Gasteiger partial charge >= 0.3 is 0 Å². The molecule has 8 nitrogen and oxygen atoms in total. The summed E-state index contributed by atoms with van der Waals surface area (Å²) in [6, 6.07) is 12.2. The molecule has 1 atom stereocenters. The molecule has 2 aliphatic rings. The van der Waals surface area contributed by atoms with E-state index in [9.17, 15) is 22.8 Å². The first-order valence-electron chi connectivity index (χ1n) is 11.0. The maximum Gasteiger partial charge on any atom is 0.270 e. The Morgan fingerprint density at radius 1 is 0.970 bits per heavy atom. The Hall–Kier alpha value is -3.04. The van der Waals surface area contributed by atoms with Gasteiger partial charge in [0.15, 0.2) is 11.9 Å². The van der Waals surface area contributed by atoms with Crippen molar-refractivity contribution in [3.63, 3.8) is 0 Å². The van der Waals surface area contributed by atoms with Crippen molar-refractivity contribution in [1.29, 1.82) is 0 Å². The molecule has 33 heavy (non-hydrogen) atoms. The molecule has 2 aromatic rings. The van der Waals surface area contributed by atoms with Crippen molar-refractivity contribution in [2.75, 3.05) is 19.6 Å². The van der Waals surface area contributed by atoms with Gasteiger partial charge in [0.25, 0.3) is 11.8 Å². The lowest BCUT2D eigenvalue weighted by atomic mass is 10.1. The molecule has 0 saturated carbocycles. The lowest BCUT2D eigenvalue weighted by molar-refractivity contribution is -0.134. The molecule has 9 heteroatoms. The molecule has 0 radical (unpaired) electrons. The number of fused-ring (bicyclic) bond motifs is 1. The van der Waals surface area contributed by atoms with E-state index in [1.165, 1.54) is 35.5 Å². The lowest BCUT2D eigenvalue weighted by Gasteiger charge is -2.21. The van der Waals surface area contributed by atoms with Crippen LogP contribution in [0.5, 0.6) is 5.75 Å². The predicted octanol–water partition coefficient (Wildman–Crippen LogP) is 2.88. The molecule has 1 fully saturated rings. The molecule has 0 bridgehead atoms. The predicted molar refractivity (Wildman–Crippen MR) is 121 cm³/mol. The third kappa shape index (κ3) is 4.69. The summed E-state index contributed by atoms with van der Waals surface area (Å²) in [5, 5.41) is 0. The number of nitrogens with zero attached hydrogens (tertiary/aromatic N) is 2. The molecule has 2 aliphatic heterocycles. The topological polar surface area (TPSA) is 101 Å². The van der Waals surface area contributed by atoms with Crippen LogP contribution in [0.1, 0.15) is 53.3 Å². The van der Waals surface area contributed by atoms with Gasteiger partial charge in [0, 0.05) is 18.7 Å². The Kier molecular flexibility index (Phi) is 6.62. The smallest absolute Gasteiger partial charge is 0.270 e. The number of hydrogen-bond donors (Lipinski definition) is 0. The van der Waals surface area contributed by atoms with Crippen LogP contribution >= 0.6 is 0 Å². The number of rotatable bonds is 5. The van der Waals surface area contributed by atoms with Crippen molar-refractivity contribution in [2.45, 2.75) is 43.6 Å². The van der Waals surface area contributed by atoms with Crippen molar-refractivity contribution in [3.8, 4) is 5.75 Å². The highest BCUT2D eigenvalue weighted by Crippen LogP contribution is 2.26. The summed E-state index contributed by atoms with van der Waals surface area (Å²) in [5.74, 6) is -1.39. The average Bonchev–Trinajstić information content (AvgIpc) is 3.15. The van der Waals surface area contributed by atoms with Gasteiger partial charge in [-0.2, -0.15) is 4.31 Å². The quantitative estimate of drug-likeness (QED) is 0.492. The van der Waals surface area contributed by atoms with E-state index in [0.29, 0.717) is 18.8 Å². The largest absolute Gasteiger partial charge is 0.480 e. The summed E-state index contributed by atoms with van der Waals surface area (Å²) in [5.41, 5.74) is 0.429. The lowest BCUT2D eigenvalue weighted by Crippen LogP contribution is -2.44. The first-order valence-corrected chi connectivity index (χ1v) is 12.5. The van der Waals surface area contributed by atoms with Crippen molar-refractivity contribution >= 4 is 27.6 Å². The van der Waals surface area contributed by atoms with Crippen LogP contribution in [0.15, 0.2) is 53.4 Å². The van der Waals surface area contributed by atoms with Gasteiger partial charge in [-0.05, 0) is 56.2 Å². The van der Waals surface area contributed by atoms with Gasteiger partial charge in [-0.15, -0.1) is 0 Å². The van der Waals surface area contributed by atoms with Crippen molar-refractivity contribution in [2.24, 2.45) is 0 Å². The highest BCUT2D eigenvalue weighted by molar-refractivity contribution is 7.89. The van der Waals surface area contributed by atoms with Gasteiger partial charge in [0.05, 0.1) is 17.0 Å². The fourth-order valence-electron chi connectivity index (χ4n) is 4.08. The van der Waals surface area contributed by atoms with Crippen LogP contribution in [0.4, 0.5) is 0 Å². The minimum Gasteiger partial charge on any atom is -0.480 e. The van der Waals surface area contributed by atoms with E-state index >= 15 is 0 Å². The standard InChI is InChI=1S/C24H26N2O6S/c1-17-23(28)26(24(29)20-8-4-5-9-22(20)32-17)16-21(27)18-10-12-19(13-11-18)33(30,31)25-14-6-2-3-7-15-25/h4-5,8-13,17H,2-3,6-7,14-16H2,1H3/t17-/m1/s1. The van der Waals surface area contributed by atoms with Crippen LogP contribution in [0.25, 0.3) is 0 Å². The SMILES string of the molecule is C[C@H]1Oc2ccccc2C(=O)N(CC(=O)c2ccc(S(=O)(=O)N3CCCCCC3)cc2)C1=O. The minimum absolute atomic E-state index is 0.124. The fraction of sp³-hybridized carbons (Fsp3) is 0.375. The Bertz CT molecular complexity index is 1170. The molecule has 0 aromatic heterocycles. The van der Waals surface area contributed by atoms with Gasteiger partial charge in [-0.25, -0.2) is 8.42 Å². The van der Waals surface area contributed by atoms with E-state index in [1.807, 2.05) is 0 Å². The Balaban J connectivity index is 1.53. The van der Waals surface area contributed by atoms with Crippen molar-refractivity contribution < 1.29 is 27.5 Å². The molecule has 1 saturated heterocycles. The monoisotopic (exact) mass is 470 g/mol. The average molecular weight is 471 g/mol. The molecular weight excluding hydrogens is 444 g/mol. The third-order valence-electron chi connectivity index (χ3n) is 5.96. The van der Waals surface area contributed by atoms with E-state index < -0.39 is 40.3 Å². The summed E-state index contributed by atoms with van der Waals surface area (Å²) in [6.07, 6.45) is 2.77. The number of Topliss-reactive ketones (excluding diaryl/α,β-unsaturated/α-hetero) is 1. The maximum atomic E-state index is 12.9. The van der Waals surface area contributed by atoms with Crippen LogP contribution in [0, 0.1) is 0 Å². The van der Waals surface area contributed by atoms with Crippen molar-refractivity contribution in [1.82, 2.24) is 9.21 Å². The molecule has 2 heterocycles. The first kappa shape index (κ1) is 23.1. The van der Waals surface area contributed by atoms with E-state index in [1.54, 1.807) is 24.3 Å². The van der Waals surface area contributed by atoms with Crippen LogP contribution in [0.2, 0.25) is 0 Å². The maximum absolute atomic E-state index is 12.9. The van der Waals surface area contributed by atoms with Crippen molar-refractivity contribution in [3.05, 3.63) is 59.7 Å². The van der Waals surface area contributed by atoms with Gasteiger partial charge in [0.2, 0.25) is 10.0 Å². The number of ether oxygens (including phenoxy) is 1. The molecule has 0 aliphatic carbocycles. The number of carbonyl (C=O) groups is 3. The second kappa shape index (κ2) is 9.44. The van der Waals surface area contributed by atoms with Gasteiger partial charge < -0.3 is 4.74 Å². The van der Waals surface area contributed by atoms with Crippen LogP contribution in [-0.2, 0) is 14.8 Å². The van der Waals surface area contributed by atoms with E-state index in [4.69, 9.17) is 4.74 Å². The molecule has 4 rings (SSSR count). The summed E-state index contributed by atoms with van der Waals surface area (Å²) in [4.78, 5) is 39.6. The van der Waals surface area contributed by atoms with E-state index in [-0.39, 0.29) is 16.0 Å². The summed E-state index contributed by atoms with van der Waals surface area (Å²) in [7, 11) is -3.63. The zero-order valence-corrected chi connectivity index (χ0v) is 19.2. The van der Waals surface area contributed by atoms with Gasteiger partial charge in [0.1, 0.15) is 5.75 Å². The fourth-order valence-corrected chi connectivity index (χ4v) is 5.60. The van der Waals surface area contributed by atoms with Crippen LogP contribution in [-0.4, -0.2) is 61.0 Å². The minimum atomic E-state index is -3.63. The Morgan fingerprint density at radius 2 is 1.61 bits per heavy atom. The first-order chi connectivity index (χ1) is 15.8. The second-order valence-electron chi connectivity index (χ2n) is 8.25. The molecular formula is C24H26N2O6S. The molecule has 2 aromatic carbocycles. The zero-order valence-electron chi connectivity index (χ0n) is 18.4. The van der Waals surface area contributed by atoms with Crippen LogP contribution in [0.3, 0.4) is 0 Å². The Labute approximate surface area is 193 Å². The number of imide groups is 1. The summed E-state index contributed by atoms with van der Waals surface area (Å²) >= 11 is 0. The molecule has 174 valence electrons. The number of ketones is 1. The molecule has 0 N–H and O–H groups in total. The zero-order chi connectivity index (χ0) is 23.6. The highest BCUT2D eigenvalue weighted by atomic mass is 32.2. The second-order valence-corrected chi connectivity index (χ2v) is 10.2. The number of para-hydroxylation sites is 1. The number of hydrogen-bond acceptors (Lipinski definition) is 6. The Morgan fingerprint density at radius 3 is 2.27 bits per heavy atom. The number of sulfonamides is 1. The third-order valence-corrected chi connectivity index (χ3v) is 7.87. The normalized spacial score (nSPS) is 19.9. The highest BCUT2D eigenvalue weighted by Gasteiger charge is 2.35. The van der Waals surface area contributed by atoms with E-state index in [0.717, 1.165) is 30.6 Å². The number of amides is 2. The number of benzene rings is 2. The van der Waals surface area contributed by atoms with Crippen LogP contribution < -0.4 is 4.74 Å². The molecule has 0 unspecified atom stereocenters. The number of carbonyl (C=O) groups excluding carboxylic acids is 3. The molecule has 0 spiro atoms. The summed E-state index contributed by atoms with van der Waals surface area (Å²) < 4.78 is 33.0. The van der Waals surface area contributed by atoms with Gasteiger partial charge in [-0.3, -0.25) is 19.3 Å². The van der Waals surface area contributed by atoms with E-state index in [2.05, 4.69) is 0 Å². The van der Waals surface area contributed by atoms with Gasteiger partial charge in [-0.1, -0.05) is 25.0 Å².